The molecular formula is C21H34N4O. The summed E-state index contributed by atoms with van der Waals surface area (Å²) in [4.78, 5) is 19.4. The summed E-state index contributed by atoms with van der Waals surface area (Å²) in [5.74, 6) is 0.585. The van der Waals surface area contributed by atoms with E-state index < -0.39 is 0 Å². The lowest BCUT2D eigenvalue weighted by Gasteiger charge is -2.46. The van der Waals surface area contributed by atoms with Crippen LogP contribution in [0.15, 0.2) is 30.3 Å². The van der Waals surface area contributed by atoms with Gasteiger partial charge in [0, 0.05) is 25.2 Å². The van der Waals surface area contributed by atoms with Crippen molar-refractivity contribution in [1.82, 2.24) is 20.0 Å². The van der Waals surface area contributed by atoms with Crippen molar-refractivity contribution in [2.75, 3.05) is 53.9 Å². The molecule has 2 aliphatic rings. The summed E-state index contributed by atoms with van der Waals surface area (Å²) < 4.78 is 0. The van der Waals surface area contributed by atoms with E-state index in [2.05, 4.69) is 66.6 Å². The molecule has 144 valence electrons. The van der Waals surface area contributed by atoms with Crippen molar-refractivity contribution in [2.24, 2.45) is 0 Å². The maximum absolute atomic E-state index is 12.7. The molecule has 0 bridgehead atoms. The van der Waals surface area contributed by atoms with Crippen molar-refractivity contribution >= 4 is 6.03 Å². The number of benzene rings is 1. The van der Waals surface area contributed by atoms with Gasteiger partial charge >= 0.3 is 6.03 Å². The molecule has 0 saturated carbocycles. The van der Waals surface area contributed by atoms with Crippen LogP contribution in [0.5, 0.6) is 0 Å². The molecule has 3 rings (SSSR count). The van der Waals surface area contributed by atoms with Crippen molar-refractivity contribution in [3.05, 3.63) is 35.9 Å². The van der Waals surface area contributed by atoms with Crippen LogP contribution in [0.4, 0.5) is 4.79 Å². The normalized spacial score (nSPS) is 21.8. The Bertz CT molecular complexity index is 573. The molecule has 2 saturated heterocycles. The number of carbonyl (C=O) groups is 1. The van der Waals surface area contributed by atoms with E-state index in [-0.39, 0.29) is 11.6 Å². The number of nitrogens with one attached hydrogen (secondary N) is 1. The molecule has 5 nitrogen and oxygen atoms in total. The number of nitrogens with zero attached hydrogens (tertiary/aromatic N) is 3. The highest BCUT2D eigenvalue weighted by molar-refractivity contribution is 5.74. The minimum atomic E-state index is 0.0878. The Labute approximate surface area is 158 Å². The van der Waals surface area contributed by atoms with Crippen LogP contribution in [0.3, 0.4) is 0 Å². The zero-order valence-electron chi connectivity index (χ0n) is 16.6. The van der Waals surface area contributed by atoms with Crippen LogP contribution in [0.1, 0.15) is 37.2 Å². The number of piperidine rings is 2. The predicted octanol–water partition coefficient (Wildman–Crippen LogP) is 2.60. The van der Waals surface area contributed by atoms with Crippen molar-refractivity contribution in [3.63, 3.8) is 0 Å². The van der Waals surface area contributed by atoms with Gasteiger partial charge < -0.3 is 20.0 Å². The summed E-state index contributed by atoms with van der Waals surface area (Å²) in [5.41, 5.74) is 1.50. The van der Waals surface area contributed by atoms with E-state index in [0.29, 0.717) is 5.92 Å². The third-order valence-corrected chi connectivity index (χ3v) is 6.49. The summed E-state index contributed by atoms with van der Waals surface area (Å²) in [5, 5.41) is 3.24. The Kier molecular flexibility index (Phi) is 6.20. The van der Waals surface area contributed by atoms with Gasteiger partial charge in [0.1, 0.15) is 0 Å². The second kappa shape index (κ2) is 8.40. The van der Waals surface area contributed by atoms with Crippen LogP contribution < -0.4 is 5.32 Å². The highest BCUT2D eigenvalue weighted by Gasteiger charge is 2.36. The van der Waals surface area contributed by atoms with E-state index in [4.69, 9.17) is 0 Å². The summed E-state index contributed by atoms with van der Waals surface area (Å²) in [6.07, 6.45) is 4.32. The molecule has 0 aromatic heterocycles. The van der Waals surface area contributed by atoms with Crippen molar-refractivity contribution in [2.45, 2.75) is 37.1 Å². The van der Waals surface area contributed by atoms with Gasteiger partial charge in [-0.15, -0.1) is 0 Å². The van der Waals surface area contributed by atoms with Gasteiger partial charge in [0.15, 0.2) is 0 Å². The highest BCUT2D eigenvalue weighted by atomic mass is 16.2. The fourth-order valence-electron chi connectivity index (χ4n) is 4.31. The summed E-state index contributed by atoms with van der Waals surface area (Å²) in [7, 11) is 6.46. The van der Waals surface area contributed by atoms with E-state index in [1.165, 1.54) is 5.56 Å². The van der Waals surface area contributed by atoms with Crippen molar-refractivity contribution in [1.29, 1.82) is 0 Å². The average Bonchev–Trinajstić information content (AvgIpc) is 2.68. The van der Waals surface area contributed by atoms with Crippen molar-refractivity contribution in [3.8, 4) is 0 Å². The lowest BCUT2D eigenvalue weighted by atomic mass is 9.86. The lowest BCUT2D eigenvalue weighted by Crippen LogP contribution is -2.59. The first kappa shape index (κ1) is 19.2. The number of likely N-dealkylation sites (tertiary alicyclic amines) is 2. The monoisotopic (exact) mass is 358 g/mol. The first-order chi connectivity index (χ1) is 12.5. The second-order valence-electron chi connectivity index (χ2n) is 8.25. The van der Waals surface area contributed by atoms with Crippen LogP contribution >= 0.6 is 0 Å². The summed E-state index contributed by atoms with van der Waals surface area (Å²) in [6, 6.07) is 10.8. The van der Waals surface area contributed by atoms with Gasteiger partial charge in [0.05, 0.1) is 0 Å². The van der Waals surface area contributed by atoms with E-state index in [1.807, 2.05) is 4.90 Å². The summed E-state index contributed by atoms with van der Waals surface area (Å²) in [6.45, 7) is 4.63. The number of hydrogen-bond donors (Lipinski definition) is 1. The van der Waals surface area contributed by atoms with Crippen molar-refractivity contribution < 1.29 is 4.79 Å². The molecule has 0 spiro atoms. The zero-order chi connectivity index (χ0) is 18.6. The van der Waals surface area contributed by atoms with Gasteiger partial charge in [-0.05, 0) is 71.4 Å². The Morgan fingerprint density at radius 3 is 2.31 bits per heavy atom. The number of rotatable bonds is 4. The van der Waals surface area contributed by atoms with Gasteiger partial charge in [-0.3, -0.25) is 0 Å². The topological polar surface area (TPSA) is 38.8 Å². The second-order valence-corrected chi connectivity index (χ2v) is 8.25. The molecular weight excluding hydrogens is 324 g/mol. The van der Waals surface area contributed by atoms with Gasteiger partial charge in [-0.2, -0.15) is 0 Å². The summed E-state index contributed by atoms with van der Waals surface area (Å²) >= 11 is 0. The number of carbonyl (C=O) groups excluding carboxylic acids is 1. The van der Waals surface area contributed by atoms with Crippen LogP contribution in [-0.4, -0.2) is 80.1 Å². The molecule has 0 atom stereocenters. The van der Waals surface area contributed by atoms with E-state index in [1.54, 1.807) is 0 Å². The largest absolute Gasteiger partial charge is 0.336 e. The SMILES string of the molecule is CN1CCC(CNC(=O)N2CCC(c3ccccc3)CC2)(N(C)C)CC1. The Balaban J connectivity index is 1.49. The first-order valence-corrected chi connectivity index (χ1v) is 9.94. The molecule has 5 heteroatoms. The van der Waals surface area contributed by atoms with E-state index in [0.717, 1.165) is 58.4 Å². The molecule has 2 fully saturated rings. The van der Waals surface area contributed by atoms with Gasteiger partial charge in [0.25, 0.3) is 0 Å². The average molecular weight is 359 g/mol. The quantitative estimate of drug-likeness (QED) is 0.899. The molecule has 0 aliphatic carbocycles. The van der Waals surface area contributed by atoms with E-state index >= 15 is 0 Å². The third kappa shape index (κ3) is 4.38. The Morgan fingerprint density at radius 2 is 1.73 bits per heavy atom. The van der Waals surface area contributed by atoms with Gasteiger partial charge in [0.2, 0.25) is 0 Å². The standard InChI is InChI=1S/C21H34N4O/c1-23(2)21(11-15-24(3)16-12-21)17-22-20(26)25-13-9-19(10-14-25)18-7-5-4-6-8-18/h4-8,19H,9-17H2,1-3H3,(H,22,26). The molecule has 2 amide bonds. The minimum absolute atomic E-state index is 0.0878. The number of likely N-dealkylation sites (N-methyl/N-ethyl adjacent to an activating group) is 1. The van der Waals surface area contributed by atoms with Gasteiger partial charge in [-0.1, -0.05) is 30.3 Å². The van der Waals surface area contributed by atoms with Crippen LogP contribution in [0.25, 0.3) is 0 Å². The lowest BCUT2D eigenvalue weighted by molar-refractivity contribution is 0.0659. The number of urea groups is 1. The van der Waals surface area contributed by atoms with E-state index in [9.17, 15) is 4.79 Å². The molecule has 1 aromatic rings. The fourth-order valence-corrected chi connectivity index (χ4v) is 4.31. The van der Waals surface area contributed by atoms with Crippen LogP contribution in [0.2, 0.25) is 0 Å². The molecule has 2 heterocycles. The molecule has 26 heavy (non-hydrogen) atoms. The van der Waals surface area contributed by atoms with Crippen LogP contribution in [-0.2, 0) is 0 Å². The number of amides is 2. The molecule has 1 N–H and O–H groups in total. The molecule has 0 radical (unpaired) electrons. The Hall–Kier alpha value is -1.59. The first-order valence-electron chi connectivity index (χ1n) is 9.94. The maximum atomic E-state index is 12.7. The van der Waals surface area contributed by atoms with Gasteiger partial charge in [-0.25, -0.2) is 4.79 Å². The molecule has 2 aliphatic heterocycles. The van der Waals surface area contributed by atoms with Crippen LogP contribution in [0, 0.1) is 0 Å². The minimum Gasteiger partial charge on any atom is -0.336 e. The molecule has 1 aromatic carbocycles. The highest BCUT2D eigenvalue weighted by Crippen LogP contribution is 2.28. The molecule has 0 unspecified atom stereocenters. The third-order valence-electron chi connectivity index (χ3n) is 6.49. The fraction of sp³-hybridized carbons (Fsp3) is 0.667. The predicted molar refractivity (Wildman–Crippen MR) is 107 cm³/mol. The smallest absolute Gasteiger partial charge is 0.317 e. The zero-order valence-corrected chi connectivity index (χ0v) is 16.6. The number of hydrogen-bond acceptors (Lipinski definition) is 3. The Morgan fingerprint density at radius 1 is 1.12 bits per heavy atom. The maximum Gasteiger partial charge on any atom is 0.317 e.